The zero-order valence-electron chi connectivity index (χ0n) is 13.7. The van der Waals surface area contributed by atoms with Crippen LogP contribution in [0, 0.1) is 5.82 Å². The van der Waals surface area contributed by atoms with Crippen molar-refractivity contribution in [2.24, 2.45) is 0 Å². The molecule has 0 heterocycles. The first-order valence-corrected chi connectivity index (χ1v) is 7.80. The first-order valence-electron chi connectivity index (χ1n) is 7.80. The second kappa shape index (κ2) is 9.07. The molecular formula is C18H17F4NO3. The molecule has 8 heteroatoms. The van der Waals surface area contributed by atoms with Gasteiger partial charge >= 0.3 is 6.18 Å². The molecule has 1 amide bonds. The smallest absolute Gasteiger partial charge is 0.422 e. The number of carbonyl (C=O) groups excluding carboxylic acids is 1. The van der Waals surface area contributed by atoms with Crippen molar-refractivity contribution < 1.29 is 31.8 Å². The maximum absolute atomic E-state index is 12.7. The summed E-state index contributed by atoms with van der Waals surface area (Å²) in [7, 11) is 0. The summed E-state index contributed by atoms with van der Waals surface area (Å²) in [6.07, 6.45) is -3.87. The molecule has 0 aliphatic carbocycles. The Labute approximate surface area is 147 Å². The molecule has 0 unspecified atom stereocenters. The lowest BCUT2D eigenvalue weighted by atomic mass is 10.2. The number of rotatable bonds is 8. The molecule has 140 valence electrons. The normalized spacial score (nSPS) is 11.1. The SMILES string of the molecule is O=C(NCCCOc1ccc(F)cc1)c1ccc(OCC(F)(F)F)cc1. The van der Waals surface area contributed by atoms with Gasteiger partial charge in [-0.3, -0.25) is 4.79 Å². The van der Waals surface area contributed by atoms with E-state index in [9.17, 15) is 22.4 Å². The van der Waals surface area contributed by atoms with Crippen LogP contribution in [0.1, 0.15) is 16.8 Å². The van der Waals surface area contributed by atoms with Gasteiger partial charge in [0, 0.05) is 12.1 Å². The van der Waals surface area contributed by atoms with Crippen LogP contribution in [0.2, 0.25) is 0 Å². The van der Waals surface area contributed by atoms with Gasteiger partial charge in [0.05, 0.1) is 6.61 Å². The number of benzene rings is 2. The van der Waals surface area contributed by atoms with Crippen LogP contribution in [0.15, 0.2) is 48.5 Å². The van der Waals surface area contributed by atoms with Crippen LogP contribution >= 0.6 is 0 Å². The van der Waals surface area contributed by atoms with Crippen molar-refractivity contribution >= 4 is 5.91 Å². The van der Waals surface area contributed by atoms with Crippen LogP contribution in [-0.2, 0) is 0 Å². The Morgan fingerprint density at radius 1 is 0.923 bits per heavy atom. The number of halogens is 4. The number of nitrogens with one attached hydrogen (secondary N) is 1. The monoisotopic (exact) mass is 371 g/mol. The lowest BCUT2D eigenvalue weighted by Gasteiger charge is -2.10. The van der Waals surface area contributed by atoms with E-state index in [2.05, 4.69) is 10.1 Å². The maximum Gasteiger partial charge on any atom is 0.422 e. The summed E-state index contributed by atoms with van der Waals surface area (Å²) in [4.78, 5) is 11.9. The maximum atomic E-state index is 12.7. The molecule has 0 bridgehead atoms. The van der Waals surface area contributed by atoms with Crippen molar-refractivity contribution in [1.29, 1.82) is 0 Å². The summed E-state index contributed by atoms with van der Waals surface area (Å²) in [6, 6.07) is 11.0. The molecule has 0 aromatic heterocycles. The Hall–Kier alpha value is -2.77. The van der Waals surface area contributed by atoms with Gasteiger partial charge in [-0.2, -0.15) is 13.2 Å². The van der Waals surface area contributed by atoms with Crippen LogP contribution in [0.5, 0.6) is 11.5 Å². The third kappa shape index (κ3) is 7.00. The Morgan fingerprint density at radius 3 is 2.12 bits per heavy atom. The molecule has 0 spiro atoms. The summed E-state index contributed by atoms with van der Waals surface area (Å²) in [5.74, 6) is -0.132. The predicted molar refractivity (Wildman–Crippen MR) is 86.8 cm³/mol. The third-order valence-corrected chi connectivity index (χ3v) is 3.21. The molecule has 2 rings (SSSR count). The van der Waals surface area contributed by atoms with Gasteiger partial charge in [-0.05, 0) is 55.0 Å². The summed E-state index contributed by atoms with van der Waals surface area (Å²) in [6.45, 7) is -0.685. The molecule has 0 aliphatic heterocycles. The molecule has 0 fully saturated rings. The standard InChI is InChI=1S/C18H17F4NO3/c19-14-4-8-15(9-5-14)25-11-1-10-23-17(24)13-2-6-16(7-3-13)26-12-18(20,21)22/h2-9H,1,10-12H2,(H,23,24). The van der Waals surface area contributed by atoms with Crippen LogP contribution in [0.25, 0.3) is 0 Å². The van der Waals surface area contributed by atoms with Gasteiger partial charge in [0.25, 0.3) is 5.91 Å². The number of amides is 1. The van der Waals surface area contributed by atoms with Crippen LogP contribution in [0.3, 0.4) is 0 Å². The average Bonchev–Trinajstić information content (AvgIpc) is 2.61. The number of hydrogen-bond acceptors (Lipinski definition) is 3. The second-order valence-corrected chi connectivity index (χ2v) is 5.34. The minimum Gasteiger partial charge on any atom is -0.494 e. The Bertz CT molecular complexity index is 700. The first kappa shape index (κ1) is 19.6. The van der Waals surface area contributed by atoms with Gasteiger partial charge in [-0.25, -0.2) is 4.39 Å². The fourth-order valence-electron chi connectivity index (χ4n) is 1.96. The lowest BCUT2D eigenvalue weighted by Crippen LogP contribution is -2.25. The largest absolute Gasteiger partial charge is 0.494 e. The van der Waals surface area contributed by atoms with E-state index >= 15 is 0 Å². The fraction of sp³-hybridized carbons (Fsp3) is 0.278. The molecule has 0 saturated carbocycles. The molecule has 2 aromatic rings. The van der Waals surface area contributed by atoms with Gasteiger partial charge in [0.2, 0.25) is 0 Å². The topological polar surface area (TPSA) is 47.6 Å². The zero-order valence-corrected chi connectivity index (χ0v) is 13.7. The van der Waals surface area contributed by atoms with E-state index in [0.717, 1.165) is 0 Å². The minimum absolute atomic E-state index is 0.0339. The van der Waals surface area contributed by atoms with Crippen molar-refractivity contribution in [2.75, 3.05) is 19.8 Å². The Balaban J connectivity index is 1.68. The van der Waals surface area contributed by atoms with E-state index in [0.29, 0.717) is 30.9 Å². The van der Waals surface area contributed by atoms with Crippen molar-refractivity contribution in [1.82, 2.24) is 5.32 Å². The molecule has 0 aliphatic rings. The number of carbonyl (C=O) groups is 1. The summed E-state index contributed by atoms with van der Waals surface area (Å²) < 4.78 is 58.9. The van der Waals surface area contributed by atoms with Gasteiger partial charge < -0.3 is 14.8 Å². The zero-order chi connectivity index (χ0) is 19.0. The number of hydrogen-bond donors (Lipinski definition) is 1. The van der Waals surface area contributed by atoms with Gasteiger partial charge in [-0.15, -0.1) is 0 Å². The highest BCUT2D eigenvalue weighted by molar-refractivity contribution is 5.94. The Kier molecular flexibility index (Phi) is 6.82. The second-order valence-electron chi connectivity index (χ2n) is 5.34. The summed E-state index contributed by atoms with van der Waals surface area (Å²) in [5.41, 5.74) is 0.309. The molecule has 4 nitrogen and oxygen atoms in total. The van der Waals surface area contributed by atoms with E-state index in [4.69, 9.17) is 4.74 Å². The van der Waals surface area contributed by atoms with E-state index in [1.54, 1.807) is 0 Å². The molecule has 0 saturated heterocycles. The van der Waals surface area contributed by atoms with Crippen molar-refractivity contribution in [2.45, 2.75) is 12.6 Å². The third-order valence-electron chi connectivity index (χ3n) is 3.21. The van der Waals surface area contributed by atoms with Crippen LogP contribution in [-0.4, -0.2) is 31.8 Å². The van der Waals surface area contributed by atoms with Crippen molar-refractivity contribution in [3.8, 4) is 11.5 Å². The molecular weight excluding hydrogens is 354 g/mol. The quantitative estimate of drug-likeness (QED) is 0.564. The lowest BCUT2D eigenvalue weighted by molar-refractivity contribution is -0.153. The van der Waals surface area contributed by atoms with Crippen LogP contribution in [0.4, 0.5) is 17.6 Å². The van der Waals surface area contributed by atoms with Gasteiger partial charge in [0.15, 0.2) is 6.61 Å². The highest BCUT2D eigenvalue weighted by Gasteiger charge is 2.28. The van der Waals surface area contributed by atoms with E-state index in [1.807, 2.05) is 0 Å². The Morgan fingerprint density at radius 2 is 1.50 bits per heavy atom. The fourth-order valence-corrected chi connectivity index (χ4v) is 1.96. The van der Waals surface area contributed by atoms with E-state index < -0.39 is 12.8 Å². The van der Waals surface area contributed by atoms with E-state index in [1.165, 1.54) is 48.5 Å². The summed E-state index contributed by atoms with van der Waals surface area (Å²) in [5, 5.41) is 2.67. The molecule has 0 radical (unpaired) electrons. The molecule has 2 aromatic carbocycles. The highest BCUT2D eigenvalue weighted by Crippen LogP contribution is 2.18. The van der Waals surface area contributed by atoms with Crippen molar-refractivity contribution in [3.63, 3.8) is 0 Å². The minimum atomic E-state index is -4.41. The predicted octanol–water partition coefficient (Wildman–Crippen LogP) is 3.97. The number of alkyl halides is 3. The van der Waals surface area contributed by atoms with Gasteiger partial charge in [-0.1, -0.05) is 0 Å². The molecule has 1 N–H and O–H groups in total. The van der Waals surface area contributed by atoms with Crippen LogP contribution < -0.4 is 14.8 Å². The number of ether oxygens (including phenoxy) is 2. The van der Waals surface area contributed by atoms with Gasteiger partial charge in [0.1, 0.15) is 17.3 Å². The average molecular weight is 371 g/mol. The highest BCUT2D eigenvalue weighted by atomic mass is 19.4. The molecule has 26 heavy (non-hydrogen) atoms. The van der Waals surface area contributed by atoms with Crippen molar-refractivity contribution in [3.05, 3.63) is 59.9 Å². The first-order chi connectivity index (χ1) is 12.3. The summed E-state index contributed by atoms with van der Waals surface area (Å²) >= 11 is 0. The molecule has 0 atom stereocenters. The van der Waals surface area contributed by atoms with E-state index in [-0.39, 0.29) is 17.5 Å².